The maximum atomic E-state index is 13.1. The predicted octanol–water partition coefficient (Wildman–Crippen LogP) is 5.28. The van der Waals surface area contributed by atoms with Gasteiger partial charge < -0.3 is 28.4 Å². The fourth-order valence-corrected chi connectivity index (χ4v) is 5.20. The van der Waals surface area contributed by atoms with Crippen LogP contribution in [0.3, 0.4) is 0 Å². The highest BCUT2D eigenvalue weighted by molar-refractivity contribution is 6.74. The van der Waals surface area contributed by atoms with Crippen LogP contribution >= 0.6 is 0 Å². The highest BCUT2D eigenvalue weighted by atomic mass is 28.4. The summed E-state index contributed by atoms with van der Waals surface area (Å²) in [6.07, 6.45) is 1.55. The number of anilines is 2. The third-order valence-corrected chi connectivity index (χ3v) is 12.1. The number of hydrogen-bond acceptors (Lipinski definition) is 8. The largest absolute Gasteiger partial charge is 0.497 e. The van der Waals surface area contributed by atoms with Gasteiger partial charge >= 0.3 is 0 Å². The number of hydrogen-bond donors (Lipinski definition) is 0. The molecule has 0 spiro atoms. The second-order valence-electron chi connectivity index (χ2n) is 11.2. The van der Waals surface area contributed by atoms with Crippen molar-refractivity contribution in [1.82, 2.24) is 14.9 Å². The molecule has 1 aliphatic rings. The SMILES string of the molecule is COc1cc(OC)cc(N(CCO[Si](C)(C)C(C)(C)C)c2ccc3ncc(C(=O)N4CCOCC4)nc3c2)c1. The van der Waals surface area contributed by atoms with Crippen LogP contribution in [0, 0.1) is 0 Å². The average molecular weight is 553 g/mol. The molecule has 0 N–H and O–H groups in total. The van der Waals surface area contributed by atoms with E-state index in [4.69, 9.17) is 23.6 Å². The summed E-state index contributed by atoms with van der Waals surface area (Å²) in [5.41, 5.74) is 3.51. The van der Waals surface area contributed by atoms with Gasteiger partial charge in [-0.15, -0.1) is 0 Å². The van der Waals surface area contributed by atoms with E-state index < -0.39 is 8.32 Å². The fraction of sp³-hybridized carbons (Fsp3) is 0.483. The monoisotopic (exact) mass is 552 g/mol. The van der Waals surface area contributed by atoms with Crippen molar-refractivity contribution < 1.29 is 23.4 Å². The van der Waals surface area contributed by atoms with Crippen LogP contribution in [-0.2, 0) is 9.16 Å². The Morgan fingerprint density at radius 1 is 1.00 bits per heavy atom. The molecular weight excluding hydrogens is 512 g/mol. The molecule has 3 aromatic rings. The zero-order valence-corrected chi connectivity index (χ0v) is 25.1. The maximum Gasteiger partial charge on any atom is 0.274 e. The predicted molar refractivity (Wildman–Crippen MR) is 156 cm³/mol. The summed E-state index contributed by atoms with van der Waals surface area (Å²) >= 11 is 0. The van der Waals surface area contributed by atoms with Gasteiger partial charge in [0.1, 0.15) is 17.2 Å². The van der Waals surface area contributed by atoms with E-state index in [1.165, 1.54) is 0 Å². The molecule has 1 fully saturated rings. The minimum Gasteiger partial charge on any atom is -0.497 e. The topological polar surface area (TPSA) is 86.3 Å². The van der Waals surface area contributed by atoms with Crippen LogP contribution in [0.1, 0.15) is 31.3 Å². The Kier molecular flexibility index (Phi) is 8.78. The van der Waals surface area contributed by atoms with Crippen LogP contribution < -0.4 is 14.4 Å². The highest BCUT2D eigenvalue weighted by Gasteiger charge is 2.37. The molecule has 2 aromatic carbocycles. The Balaban J connectivity index is 1.69. The van der Waals surface area contributed by atoms with Gasteiger partial charge in [-0.2, -0.15) is 0 Å². The van der Waals surface area contributed by atoms with Gasteiger partial charge in [-0.1, -0.05) is 20.8 Å². The summed E-state index contributed by atoms with van der Waals surface area (Å²) in [5, 5.41) is 0.110. The van der Waals surface area contributed by atoms with Gasteiger partial charge in [-0.3, -0.25) is 9.78 Å². The quantitative estimate of drug-likeness (QED) is 0.332. The number of morpholine rings is 1. The van der Waals surface area contributed by atoms with Crippen molar-refractivity contribution in [2.24, 2.45) is 0 Å². The number of carbonyl (C=O) groups excluding carboxylic acids is 1. The molecule has 0 aliphatic carbocycles. The summed E-state index contributed by atoms with van der Waals surface area (Å²) in [6.45, 7) is 14.6. The second kappa shape index (κ2) is 11.9. The van der Waals surface area contributed by atoms with Gasteiger partial charge in [0.2, 0.25) is 0 Å². The number of ether oxygens (including phenoxy) is 3. The number of benzene rings is 2. The molecule has 0 bridgehead atoms. The van der Waals surface area contributed by atoms with Gasteiger partial charge in [0.15, 0.2) is 8.32 Å². The summed E-state index contributed by atoms with van der Waals surface area (Å²) in [7, 11) is 1.34. The normalized spacial score (nSPS) is 14.4. The molecule has 0 atom stereocenters. The molecule has 2 heterocycles. The van der Waals surface area contributed by atoms with Crippen molar-refractivity contribution in [3.63, 3.8) is 0 Å². The number of nitrogens with zero attached hydrogens (tertiary/aromatic N) is 4. The smallest absolute Gasteiger partial charge is 0.274 e. The molecule has 210 valence electrons. The lowest BCUT2D eigenvalue weighted by Gasteiger charge is -2.37. The first-order valence-corrected chi connectivity index (χ1v) is 16.2. The standard InChI is InChI=1S/C29H40N4O5Si/c1-29(2,3)39(6,7)38-15-12-33(22-16-23(35-4)19-24(17-22)36-5)21-8-9-25-26(18-21)31-27(20-30-25)28(34)32-10-13-37-14-11-32/h8-9,16-20H,10-15H2,1-7H3. The van der Waals surface area contributed by atoms with Crippen molar-refractivity contribution in [2.45, 2.75) is 38.9 Å². The molecule has 9 nitrogen and oxygen atoms in total. The molecule has 1 aromatic heterocycles. The maximum absolute atomic E-state index is 13.1. The van der Waals surface area contributed by atoms with Gasteiger partial charge in [-0.05, 0) is 36.3 Å². The van der Waals surface area contributed by atoms with Crippen LogP contribution in [0.5, 0.6) is 11.5 Å². The Hall–Kier alpha value is -3.21. The first-order valence-electron chi connectivity index (χ1n) is 13.3. The molecule has 10 heteroatoms. The number of carbonyl (C=O) groups is 1. The Bertz CT molecular complexity index is 1280. The van der Waals surface area contributed by atoms with Crippen molar-refractivity contribution in [3.05, 3.63) is 48.3 Å². The molecule has 0 unspecified atom stereocenters. The summed E-state index contributed by atoms with van der Waals surface area (Å²) in [6, 6.07) is 11.7. The number of rotatable bonds is 9. The van der Waals surface area contributed by atoms with Crippen LogP contribution in [0.4, 0.5) is 11.4 Å². The van der Waals surface area contributed by atoms with Crippen LogP contribution in [-0.4, -0.2) is 82.8 Å². The zero-order valence-electron chi connectivity index (χ0n) is 24.1. The minimum atomic E-state index is -1.94. The Morgan fingerprint density at radius 3 is 2.28 bits per heavy atom. The van der Waals surface area contributed by atoms with Gasteiger partial charge in [-0.25, -0.2) is 4.98 Å². The van der Waals surface area contributed by atoms with E-state index in [9.17, 15) is 4.79 Å². The third-order valence-electron chi connectivity index (χ3n) is 7.59. The fourth-order valence-electron chi connectivity index (χ4n) is 4.16. The number of aromatic nitrogens is 2. The average Bonchev–Trinajstić information content (AvgIpc) is 2.93. The van der Waals surface area contributed by atoms with Crippen LogP contribution in [0.25, 0.3) is 11.0 Å². The molecule has 39 heavy (non-hydrogen) atoms. The first kappa shape index (κ1) is 28.8. The Labute approximate surface area is 232 Å². The highest BCUT2D eigenvalue weighted by Crippen LogP contribution is 2.37. The van der Waals surface area contributed by atoms with Gasteiger partial charge in [0.25, 0.3) is 5.91 Å². The molecule has 1 aliphatic heterocycles. The van der Waals surface area contributed by atoms with Gasteiger partial charge in [0.05, 0.1) is 51.3 Å². The first-order chi connectivity index (χ1) is 18.5. The lowest BCUT2D eigenvalue weighted by atomic mass is 10.2. The van der Waals surface area contributed by atoms with Crippen molar-refractivity contribution in [1.29, 1.82) is 0 Å². The van der Waals surface area contributed by atoms with Crippen molar-refractivity contribution >= 4 is 36.6 Å². The summed E-state index contributed by atoms with van der Waals surface area (Å²) < 4.78 is 23.0. The van der Waals surface area contributed by atoms with Crippen molar-refractivity contribution in [2.75, 3.05) is 58.6 Å². The number of amides is 1. The van der Waals surface area contributed by atoms with E-state index in [2.05, 4.69) is 43.7 Å². The molecular formula is C29H40N4O5Si. The lowest BCUT2D eigenvalue weighted by molar-refractivity contribution is 0.0299. The molecule has 1 saturated heterocycles. The van der Waals surface area contributed by atoms with E-state index in [1.807, 2.05) is 36.4 Å². The molecule has 0 saturated carbocycles. The van der Waals surface area contributed by atoms with Crippen LogP contribution in [0.15, 0.2) is 42.6 Å². The molecule has 0 radical (unpaired) electrons. The number of fused-ring (bicyclic) bond motifs is 1. The zero-order chi connectivity index (χ0) is 28.2. The van der Waals surface area contributed by atoms with E-state index >= 15 is 0 Å². The third kappa shape index (κ3) is 6.69. The van der Waals surface area contributed by atoms with Crippen molar-refractivity contribution in [3.8, 4) is 11.5 Å². The lowest BCUT2D eigenvalue weighted by Crippen LogP contribution is -2.42. The minimum absolute atomic E-state index is 0.110. The van der Waals surface area contributed by atoms with Gasteiger partial charge in [0, 0.05) is 49.2 Å². The summed E-state index contributed by atoms with van der Waals surface area (Å²) in [5.74, 6) is 1.26. The Morgan fingerprint density at radius 2 is 1.67 bits per heavy atom. The van der Waals surface area contributed by atoms with E-state index in [0.717, 1.165) is 16.9 Å². The molecule has 1 amide bonds. The van der Waals surface area contributed by atoms with E-state index in [0.29, 0.717) is 62.2 Å². The van der Waals surface area contributed by atoms with E-state index in [1.54, 1.807) is 25.3 Å². The summed E-state index contributed by atoms with van der Waals surface area (Å²) in [4.78, 5) is 26.2. The van der Waals surface area contributed by atoms with Crippen LogP contribution in [0.2, 0.25) is 18.1 Å². The van der Waals surface area contributed by atoms with E-state index in [-0.39, 0.29) is 10.9 Å². The number of methoxy groups -OCH3 is 2. The second-order valence-corrected chi connectivity index (χ2v) is 16.0. The molecule has 4 rings (SSSR count).